The quantitative estimate of drug-likeness (QED) is 0.570. The van der Waals surface area contributed by atoms with Crippen LogP contribution < -0.4 is 16.4 Å². The maximum absolute atomic E-state index is 11.7. The molecule has 2 amide bonds. The lowest BCUT2D eigenvalue weighted by Crippen LogP contribution is -2.47. The highest BCUT2D eigenvalue weighted by atomic mass is 79.9. The number of rotatable bonds is 3. The minimum Gasteiger partial charge on any atom is -0.389 e. The Morgan fingerprint density at radius 2 is 2.21 bits per heavy atom. The molecule has 1 aromatic carbocycles. The van der Waals surface area contributed by atoms with Gasteiger partial charge >= 0.3 is 0 Å². The van der Waals surface area contributed by atoms with Gasteiger partial charge in [-0.15, -0.1) is 0 Å². The number of piperidine rings is 1. The van der Waals surface area contributed by atoms with Gasteiger partial charge in [0.05, 0.1) is 0 Å². The molecule has 1 heterocycles. The summed E-state index contributed by atoms with van der Waals surface area (Å²) in [5, 5.41) is 5.38. The van der Waals surface area contributed by atoms with E-state index in [1.807, 2.05) is 6.07 Å². The molecule has 4 N–H and O–H groups in total. The topological polar surface area (TPSA) is 84.2 Å². The van der Waals surface area contributed by atoms with E-state index < -0.39 is 6.04 Å². The second-order valence-corrected chi connectivity index (χ2v) is 5.56. The van der Waals surface area contributed by atoms with E-state index >= 15 is 0 Å². The van der Waals surface area contributed by atoms with E-state index in [-0.39, 0.29) is 16.8 Å². The van der Waals surface area contributed by atoms with E-state index in [1.54, 1.807) is 12.1 Å². The van der Waals surface area contributed by atoms with Crippen LogP contribution in [0.25, 0.3) is 0 Å². The largest absolute Gasteiger partial charge is 0.389 e. The number of thiocarbonyl (C=S) groups is 1. The van der Waals surface area contributed by atoms with Gasteiger partial charge in [-0.2, -0.15) is 0 Å². The molecule has 1 aliphatic heterocycles. The molecule has 1 fully saturated rings. The Bertz CT molecular complexity index is 562. The monoisotopic (exact) mass is 341 g/mol. The second kappa shape index (κ2) is 5.66. The maximum atomic E-state index is 11.7. The molecule has 100 valence electrons. The minimum atomic E-state index is -0.458. The van der Waals surface area contributed by atoms with Crippen LogP contribution in [0.2, 0.25) is 0 Å². The van der Waals surface area contributed by atoms with Crippen molar-refractivity contribution in [1.29, 1.82) is 0 Å². The van der Waals surface area contributed by atoms with Crippen LogP contribution in [0, 0.1) is 0 Å². The first kappa shape index (κ1) is 14.0. The summed E-state index contributed by atoms with van der Waals surface area (Å²) in [5.74, 6) is -0.572. The Balaban J connectivity index is 2.23. The molecule has 19 heavy (non-hydrogen) atoms. The first-order chi connectivity index (χ1) is 8.97. The molecular formula is C12H12BrN3O2S. The molecule has 2 rings (SSSR count). The van der Waals surface area contributed by atoms with E-state index in [4.69, 9.17) is 18.0 Å². The lowest BCUT2D eigenvalue weighted by Gasteiger charge is -2.24. The summed E-state index contributed by atoms with van der Waals surface area (Å²) in [6.45, 7) is 0. The number of nitrogens with one attached hydrogen (secondary N) is 2. The summed E-state index contributed by atoms with van der Waals surface area (Å²) in [4.78, 5) is 23.0. The molecule has 0 radical (unpaired) electrons. The molecule has 1 aromatic rings. The molecule has 0 aromatic heterocycles. The fourth-order valence-corrected chi connectivity index (χ4v) is 2.41. The minimum absolute atomic E-state index is 0.244. The molecule has 1 aliphatic rings. The van der Waals surface area contributed by atoms with Crippen molar-refractivity contribution in [2.24, 2.45) is 5.73 Å². The van der Waals surface area contributed by atoms with Crippen molar-refractivity contribution in [3.63, 3.8) is 0 Å². The lowest BCUT2D eigenvalue weighted by atomic mass is 10.0. The van der Waals surface area contributed by atoms with Gasteiger partial charge in [-0.3, -0.25) is 14.9 Å². The summed E-state index contributed by atoms with van der Waals surface area (Å²) in [6.07, 6.45) is 0.772. The van der Waals surface area contributed by atoms with Gasteiger partial charge in [0.15, 0.2) is 0 Å². The van der Waals surface area contributed by atoms with Crippen molar-refractivity contribution >= 4 is 50.6 Å². The number of anilines is 1. The highest BCUT2D eigenvalue weighted by Crippen LogP contribution is 2.23. The second-order valence-electron chi connectivity index (χ2n) is 4.20. The van der Waals surface area contributed by atoms with E-state index in [2.05, 4.69) is 26.6 Å². The van der Waals surface area contributed by atoms with Crippen molar-refractivity contribution in [3.05, 3.63) is 28.2 Å². The molecule has 0 spiro atoms. The van der Waals surface area contributed by atoms with E-state index in [0.717, 1.165) is 4.47 Å². The molecule has 5 nitrogen and oxygen atoms in total. The van der Waals surface area contributed by atoms with Crippen molar-refractivity contribution in [3.8, 4) is 0 Å². The summed E-state index contributed by atoms with van der Waals surface area (Å²) in [7, 11) is 0. The Morgan fingerprint density at radius 1 is 1.47 bits per heavy atom. The predicted molar refractivity (Wildman–Crippen MR) is 79.8 cm³/mol. The van der Waals surface area contributed by atoms with E-state index in [0.29, 0.717) is 24.1 Å². The molecule has 7 heteroatoms. The van der Waals surface area contributed by atoms with Gasteiger partial charge in [0.25, 0.3) is 0 Å². The van der Waals surface area contributed by atoms with Gasteiger partial charge in [0, 0.05) is 22.1 Å². The van der Waals surface area contributed by atoms with Gasteiger partial charge in [-0.1, -0.05) is 28.1 Å². The van der Waals surface area contributed by atoms with Crippen molar-refractivity contribution < 1.29 is 9.59 Å². The van der Waals surface area contributed by atoms with E-state index in [9.17, 15) is 9.59 Å². The summed E-state index contributed by atoms with van der Waals surface area (Å²) < 4.78 is 0.849. The zero-order chi connectivity index (χ0) is 14.0. The number of carbonyl (C=O) groups is 2. The van der Waals surface area contributed by atoms with Crippen LogP contribution in [0.5, 0.6) is 0 Å². The van der Waals surface area contributed by atoms with Crippen LogP contribution in [-0.2, 0) is 9.59 Å². The summed E-state index contributed by atoms with van der Waals surface area (Å²) >= 11 is 8.33. The maximum Gasteiger partial charge on any atom is 0.249 e. The van der Waals surface area contributed by atoms with Crippen LogP contribution in [-0.4, -0.2) is 22.8 Å². The first-order valence-corrected chi connectivity index (χ1v) is 6.87. The molecule has 0 bridgehead atoms. The highest BCUT2D eigenvalue weighted by Gasteiger charge is 2.27. The van der Waals surface area contributed by atoms with Crippen molar-refractivity contribution in [2.75, 3.05) is 5.32 Å². The number of halogens is 1. The third-order valence-electron chi connectivity index (χ3n) is 2.82. The van der Waals surface area contributed by atoms with Crippen LogP contribution in [0.15, 0.2) is 22.7 Å². The molecule has 0 saturated carbocycles. The van der Waals surface area contributed by atoms with Crippen LogP contribution in [0.3, 0.4) is 0 Å². The number of imide groups is 1. The van der Waals surface area contributed by atoms with Gasteiger partial charge in [0.2, 0.25) is 11.8 Å². The Kier molecular flexibility index (Phi) is 4.16. The molecule has 0 aliphatic carbocycles. The molecular weight excluding hydrogens is 330 g/mol. The SMILES string of the molecule is NC(=S)c1ccc(Br)cc1NC1CCC(=O)NC1=O. The van der Waals surface area contributed by atoms with Crippen LogP contribution in [0.4, 0.5) is 5.69 Å². The number of carbonyl (C=O) groups excluding carboxylic acids is 2. The average Bonchev–Trinajstić information content (AvgIpc) is 2.32. The fraction of sp³-hybridized carbons (Fsp3) is 0.250. The Morgan fingerprint density at radius 3 is 2.84 bits per heavy atom. The zero-order valence-electron chi connectivity index (χ0n) is 9.90. The number of benzene rings is 1. The molecule has 1 saturated heterocycles. The van der Waals surface area contributed by atoms with Crippen LogP contribution >= 0.6 is 28.1 Å². The van der Waals surface area contributed by atoms with E-state index in [1.165, 1.54) is 0 Å². The number of nitrogens with two attached hydrogens (primary N) is 1. The van der Waals surface area contributed by atoms with Crippen LogP contribution in [0.1, 0.15) is 18.4 Å². The predicted octanol–water partition coefficient (Wildman–Crippen LogP) is 1.30. The first-order valence-electron chi connectivity index (χ1n) is 5.67. The average molecular weight is 342 g/mol. The Hall–Kier alpha value is -1.47. The third-order valence-corrected chi connectivity index (χ3v) is 3.53. The standard InChI is InChI=1S/C12H12BrN3O2S/c13-6-1-2-7(11(14)19)9(5-6)15-8-3-4-10(17)16-12(8)18/h1-2,5,8,15H,3-4H2,(H2,14,19)(H,16,17,18). The number of hydrogen-bond donors (Lipinski definition) is 3. The normalized spacial score (nSPS) is 18.9. The third kappa shape index (κ3) is 3.30. The van der Waals surface area contributed by atoms with Gasteiger partial charge in [-0.05, 0) is 24.6 Å². The smallest absolute Gasteiger partial charge is 0.249 e. The molecule has 1 atom stereocenters. The van der Waals surface area contributed by atoms with Gasteiger partial charge in [-0.25, -0.2) is 0 Å². The molecule has 1 unspecified atom stereocenters. The lowest BCUT2D eigenvalue weighted by molar-refractivity contribution is -0.133. The summed E-state index contributed by atoms with van der Waals surface area (Å²) in [5.41, 5.74) is 6.99. The van der Waals surface area contributed by atoms with Gasteiger partial charge < -0.3 is 11.1 Å². The van der Waals surface area contributed by atoms with Crippen molar-refractivity contribution in [1.82, 2.24) is 5.32 Å². The zero-order valence-corrected chi connectivity index (χ0v) is 12.3. The Labute approximate surface area is 124 Å². The van der Waals surface area contributed by atoms with Gasteiger partial charge in [0.1, 0.15) is 11.0 Å². The van der Waals surface area contributed by atoms with Crippen molar-refractivity contribution in [2.45, 2.75) is 18.9 Å². The number of hydrogen-bond acceptors (Lipinski definition) is 4. The fourth-order valence-electron chi connectivity index (χ4n) is 1.87. The number of amides is 2. The summed E-state index contributed by atoms with van der Waals surface area (Å²) in [6, 6.07) is 4.95. The highest BCUT2D eigenvalue weighted by molar-refractivity contribution is 9.10.